The summed E-state index contributed by atoms with van der Waals surface area (Å²) < 4.78 is 43.7. The zero-order valence-corrected chi connectivity index (χ0v) is 28.2. The number of hydrogen-bond acceptors (Lipinski definition) is 12. The molecule has 46 heavy (non-hydrogen) atoms. The first-order valence-electron chi connectivity index (χ1n) is 16.4. The van der Waals surface area contributed by atoms with Gasteiger partial charge < -0.3 is 43.2 Å². The highest BCUT2D eigenvalue weighted by Gasteiger charge is 2.17. The van der Waals surface area contributed by atoms with E-state index in [1.165, 1.54) is 0 Å². The van der Waals surface area contributed by atoms with Crippen LogP contribution < -0.4 is 5.32 Å². The first-order valence-corrected chi connectivity index (χ1v) is 16.4. The first kappa shape index (κ1) is 39.8. The molecule has 1 aliphatic rings. The Morgan fingerprint density at radius 2 is 1.11 bits per heavy atom. The minimum absolute atomic E-state index is 0.239. The molecule has 1 aromatic rings. The summed E-state index contributed by atoms with van der Waals surface area (Å²) in [6.45, 7) is 18.2. The summed E-state index contributed by atoms with van der Waals surface area (Å²) in [5, 5.41) is 2.68. The Bertz CT molecular complexity index is 895. The number of nitrogens with one attached hydrogen (secondary N) is 1. The van der Waals surface area contributed by atoms with E-state index >= 15 is 0 Å². The normalized spacial score (nSPS) is 14.3. The maximum Gasteiger partial charge on any atom is 0.407 e. The lowest BCUT2D eigenvalue weighted by Gasteiger charge is -2.34. The number of alkyl carbamates (subject to hydrolysis) is 1. The fraction of sp³-hybridized carbons (Fsp3) is 0.758. The number of esters is 1. The Balaban J connectivity index is 1.26. The number of rotatable bonds is 26. The summed E-state index contributed by atoms with van der Waals surface area (Å²) in [6.07, 6.45) is -0.210. The molecule has 1 saturated heterocycles. The standard InChI is InChI=1S/C33H57N3O10/c1-33(2,3)46-31(37)9-17-39-21-25-43-27-28-44-26-24-42-20-16-36-13-11-35(12-14-36)15-19-41-23-22-40-18-10-34-32(38)45-29-30-7-5-4-6-8-30/h4-8H,9-29H2,1-3H3,(H,34,38). The molecule has 1 fully saturated rings. The molecule has 0 saturated carbocycles. The van der Waals surface area contributed by atoms with E-state index in [0.717, 1.165) is 44.8 Å². The zero-order valence-electron chi connectivity index (χ0n) is 28.2. The van der Waals surface area contributed by atoms with Gasteiger partial charge in [0.05, 0.1) is 85.7 Å². The van der Waals surface area contributed by atoms with Crippen LogP contribution in [0.3, 0.4) is 0 Å². The van der Waals surface area contributed by atoms with Crippen LogP contribution in [0, 0.1) is 0 Å². The summed E-state index contributed by atoms with van der Waals surface area (Å²) in [5.41, 5.74) is 0.480. The van der Waals surface area contributed by atoms with Gasteiger partial charge in [-0.15, -0.1) is 0 Å². The number of piperazine rings is 1. The van der Waals surface area contributed by atoms with Gasteiger partial charge in [-0.3, -0.25) is 14.6 Å². The molecule has 0 bridgehead atoms. The van der Waals surface area contributed by atoms with Crippen molar-refractivity contribution in [2.24, 2.45) is 0 Å². The number of nitrogens with zero attached hydrogens (tertiary/aromatic N) is 2. The third-order valence-electron chi connectivity index (χ3n) is 6.66. The first-order chi connectivity index (χ1) is 22.3. The number of ether oxygens (including phenoxy) is 8. The van der Waals surface area contributed by atoms with Crippen LogP contribution in [0.2, 0.25) is 0 Å². The molecule has 0 unspecified atom stereocenters. The number of carbonyl (C=O) groups is 2. The molecule has 0 aliphatic carbocycles. The largest absolute Gasteiger partial charge is 0.460 e. The Labute approximate surface area is 275 Å². The Hall–Kier alpha value is -2.36. The van der Waals surface area contributed by atoms with Gasteiger partial charge in [-0.25, -0.2) is 4.79 Å². The maximum absolute atomic E-state index is 11.7. The summed E-state index contributed by atoms with van der Waals surface area (Å²) in [4.78, 5) is 28.1. The Morgan fingerprint density at radius 3 is 1.61 bits per heavy atom. The third-order valence-corrected chi connectivity index (χ3v) is 6.66. The monoisotopic (exact) mass is 655 g/mol. The minimum atomic E-state index is -0.470. The highest BCUT2D eigenvalue weighted by molar-refractivity contribution is 5.69. The lowest BCUT2D eigenvalue weighted by molar-refractivity contribution is -0.156. The van der Waals surface area contributed by atoms with E-state index in [0.29, 0.717) is 85.8 Å². The lowest BCUT2D eigenvalue weighted by atomic mass is 10.2. The van der Waals surface area contributed by atoms with Crippen molar-refractivity contribution >= 4 is 12.1 Å². The van der Waals surface area contributed by atoms with Crippen molar-refractivity contribution in [1.82, 2.24) is 15.1 Å². The Morgan fingerprint density at radius 1 is 0.652 bits per heavy atom. The molecule has 0 radical (unpaired) electrons. The van der Waals surface area contributed by atoms with Crippen LogP contribution in [0.25, 0.3) is 0 Å². The second-order valence-electron chi connectivity index (χ2n) is 11.7. The smallest absolute Gasteiger partial charge is 0.407 e. The Kier molecular flexibility index (Phi) is 22.2. The van der Waals surface area contributed by atoms with Crippen LogP contribution in [0.4, 0.5) is 4.79 Å². The molecular weight excluding hydrogens is 598 g/mol. The van der Waals surface area contributed by atoms with Crippen LogP contribution in [-0.2, 0) is 49.3 Å². The zero-order chi connectivity index (χ0) is 33.1. The van der Waals surface area contributed by atoms with Gasteiger partial charge in [-0.2, -0.15) is 0 Å². The van der Waals surface area contributed by atoms with Crippen molar-refractivity contribution in [3.05, 3.63) is 35.9 Å². The van der Waals surface area contributed by atoms with Gasteiger partial charge in [-0.1, -0.05) is 30.3 Å². The molecule has 0 atom stereocenters. The number of amides is 1. The SMILES string of the molecule is CC(C)(C)OC(=O)CCOCCOCCOCCOCCN1CCN(CCOCCOCCNC(=O)OCc2ccccc2)CC1. The predicted octanol–water partition coefficient (Wildman–Crippen LogP) is 2.36. The molecule has 0 spiro atoms. The van der Waals surface area contributed by atoms with E-state index < -0.39 is 11.7 Å². The van der Waals surface area contributed by atoms with Crippen LogP contribution >= 0.6 is 0 Å². The molecule has 264 valence electrons. The highest BCUT2D eigenvalue weighted by atomic mass is 16.6. The molecule has 0 aromatic heterocycles. The van der Waals surface area contributed by atoms with Crippen LogP contribution in [0.5, 0.6) is 0 Å². The average Bonchev–Trinajstić information content (AvgIpc) is 3.03. The van der Waals surface area contributed by atoms with Crippen molar-refractivity contribution < 1.29 is 47.5 Å². The van der Waals surface area contributed by atoms with Gasteiger partial charge in [0.2, 0.25) is 0 Å². The molecule has 1 aromatic carbocycles. The van der Waals surface area contributed by atoms with E-state index in [2.05, 4.69) is 15.1 Å². The fourth-order valence-corrected chi connectivity index (χ4v) is 4.26. The number of benzene rings is 1. The average molecular weight is 656 g/mol. The third kappa shape index (κ3) is 23.0. The second-order valence-corrected chi connectivity index (χ2v) is 11.7. The van der Waals surface area contributed by atoms with Crippen LogP contribution in [0.1, 0.15) is 32.8 Å². The second kappa shape index (κ2) is 25.7. The predicted molar refractivity (Wildman–Crippen MR) is 173 cm³/mol. The molecule has 1 aliphatic heterocycles. The topological polar surface area (TPSA) is 126 Å². The molecular formula is C33H57N3O10. The number of hydrogen-bond donors (Lipinski definition) is 1. The van der Waals surface area contributed by atoms with Gasteiger partial charge in [-0.05, 0) is 26.3 Å². The van der Waals surface area contributed by atoms with Crippen LogP contribution in [-0.4, -0.2) is 153 Å². The lowest BCUT2D eigenvalue weighted by Crippen LogP contribution is -2.48. The quantitative estimate of drug-likeness (QED) is 0.116. The van der Waals surface area contributed by atoms with Crippen molar-refractivity contribution in [3.63, 3.8) is 0 Å². The van der Waals surface area contributed by atoms with E-state index in [1.807, 2.05) is 51.1 Å². The van der Waals surface area contributed by atoms with Crippen molar-refractivity contribution in [3.8, 4) is 0 Å². The summed E-state index contributed by atoms with van der Waals surface area (Å²) in [5.74, 6) is -0.257. The summed E-state index contributed by atoms with van der Waals surface area (Å²) in [7, 11) is 0. The van der Waals surface area contributed by atoms with Crippen molar-refractivity contribution in [1.29, 1.82) is 0 Å². The van der Waals surface area contributed by atoms with E-state index in [1.54, 1.807) is 0 Å². The van der Waals surface area contributed by atoms with Gasteiger partial charge in [0.15, 0.2) is 0 Å². The summed E-state index contributed by atoms with van der Waals surface area (Å²) >= 11 is 0. The highest BCUT2D eigenvalue weighted by Crippen LogP contribution is 2.08. The molecule has 1 heterocycles. The van der Waals surface area contributed by atoms with Gasteiger partial charge in [0, 0.05) is 45.8 Å². The molecule has 13 heteroatoms. The van der Waals surface area contributed by atoms with Gasteiger partial charge in [0.25, 0.3) is 0 Å². The van der Waals surface area contributed by atoms with E-state index in [-0.39, 0.29) is 19.0 Å². The molecule has 2 rings (SSSR count). The van der Waals surface area contributed by atoms with E-state index in [4.69, 9.17) is 37.9 Å². The molecule has 13 nitrogen and oxygen atoms in total. The van der Waals surface area contributed by atoms with Crippen LogP contribution in [0.15, 0.2) is 30.3 Å². The number of carbonyl (C=O) groups excluding carboxylic acids is 2. The van der Waals surface area contributed by atoms with E-state index in [9.17, 15) is 9.59 Å². The fourth-order valence-electron chi connectivity index (χ4n) is 4.26. The van der Waals surface area contributed by atoms with Crippen molar-refractivity contribution in [2.45, 2.75) is 39.4 Å². The minimum Gasteiger partial charge on any atom is -0.460 e. The van der Waals surface area contributed by atoms with Gasteiger partial charge >= 0.3 is 12.1 Å². The van der Waals surface area contributed by atoms with Gasteiger partial charge in [0.1, 0.15) is 12.2 Å². The van der Waals surface area contributed by atoms with Crippen molar-refractivity contribution in [2.75, 3.05) is 125 Å². The summed E-state index contributed by atoms with van der Waals surface area (Å²) in [6, 6.07) is 9.56. The molecule has 1 N–H and O–H groups in total. The molecule has 1 amide bonds. The maximum atomic E-state index is 11.7.